The molecule has 0 saturated heterocycles. The van der Waals surface area contributed by atoms with Gasteiger partial charge < -0.3 is 0 Å². The van der Waals surface area contributed by atoms with Gasteiger partial charge in [0.25, 0.3) is 0 Å². The van der Waals surface area contributed by atoms with Crippen molar-refractivity contribution in [3.63, 3.8) is 0 Å². The van der Waals surface area contributed by atoms with E-state index < -0.39 is 0 Å². The van der Waals surface area contributed by atoms with E-state index in [9.17, 15) is 0 Å². The van der Waals surface area contributed by atoms with Crippen LogP contribution in [0.2, 0.25) is 0 Å². The number of unbranched alkanes of at least 4 members (excludes halogenated alkanes) is 1. The maximum Gasteiger partial charge on any atom is 0.168 e. The molecule has 0 aliphatic heterocycles. The smallest absolute Gasteiger partial charge is 0.168 e. The summed E-state index contributed by atoms with van der Waals surface area (Å²) in [4.78, 5) is 0. The van der Waals surface area contributed by atoms with Crippen LogP contribution in [0, 0.1) is 20.8 Å². The third-order valence-electron chi connectivity index (χ3n) is 5.45. The van der Waals surface area contributed by atoms with Crippen LogP contribution in [0.5, 0.6) is 0 Å². The molecule has 0 aliphatic carbocycles. The summed E-state index contributed by atoms with van der Waals surface area (Å²) in [5.74, 6) is 1.92. The molecule has 3 nitrogen and oxygen atoms in total. The number of hydrogen-bond donors (Lipinski definition) is 0. The maximum atomic E-state index is 4.71. The minimum Gasteiger partial charge on any atom is -0.278 e. The summed E-state index contributed by atoms with van der Waals surface area (Å²) >= 11 is 3.67. The third-order valence-corrected chi connectivity index (χ3v) is 6.30. The zero-order valence-corrected chi connectivity index (χ0v) is 19.4. The minimum atomic E-state index is -0.0550. The lowest BCUT2D eigenvalue weighted by atomic mass is 9.86. The van der Waals surface area contributed by atoms with Crippen molar-refractivity contribution < 1.29 is 0 Å². The number of aromatic nitrogens is 3. The van der Waals surface area contributed by atoms with Crippen LogP contribution in [0.1, 0.15) is 62.5 Å². The molecule has 0 radical (unpaired) electrons. The number of benzene rings is 2. The average molecular weight is 440 g/mol. The Labute approximate surface area is 177 Å². The van der Waals surface area contributed by atoms with E-state index in [4.69, 9.17) is 5.10 Å². The number of hydrogen-bond acceptors (Lipinski definition) is 2. The van der Waals surface area contributed by atoms with E-state index >= 15 is 0 Å². The number of nitrogens with zero attached hydrogens (tertiary/aromatic N) is 3. The van der Waals surface area contributed by atoms with Gasteiger partial charge >= 0.3 is 0 Å². The van der Waals surface area contributed by atoms with Crippen LogP contribution in [0.4, 0.5) is 0 Å². The van der Waals surface area contributed by atoms with Gasteiger partial charge in [-0.15, -0.1) is 10.2 Å². The molecule has 0 fully saturated rings. The Morgan fingerprint density at radius 1 is 0.964 bits per heavy atom. The van der Waals surface area contributed by atoms with E-state index in [2.05, 4.69) is 104 Å². The fourth-order valence-corrected chi connectivity index (χ4v) is 4.04. The zero-order chi connectivity index (χ0) is 20.5. The van der Waals surface area contributed by atoms with Crippen molar-refractivity contribution in [3.8, 4) is 17.1 Å². The lowest BCUT2D eigenvalue weighted by Gasteiger charge is -2.25. The first-order valence-electron chi connectivity index (χ1n) is 10.0. The monoisotopic (exact) mass is 439 g/mol. The lowest BCUT2D eigenvalue weighted by molar-refractivity contribution is 0.425. The van der Waals surface area contributed by atoms with Gasteiger partial charge in [-0.05, 0) is 50.5 Å². The van der Waals surface area contributed by atoms with Crippen LogP contribution in [-0.4, -0.2) is 14.8 Å². The Morgan fingerprint density at radius 2 is 1.71 bits per heavy atom. The summed E-state index contributed by atoms with van der Waals surface area (Å²) in [5.41, 5.74) is 5.88. The summed E-state index contributed by atoms with van der Waals surface area (Å²) in [6, 6.07) is 13.0. The molecule has 1 heterocycles. The standard InChI is InChI=1S/C24H30BrN3/c1-7-8-13-24(5,6)23-27-26-22(19-11-10-17(3)20(25)15-19)28(23)21-12-9-16(2)14-18(21)4/h9-12,14-15H,7-8,13H2,1-6H3. The van der Waals surface area contributed by atoms with E-state index in [1.807, 2.05) is 0 Å². The molecule has 28 heavy (non-hydrogen) atoms. The van der Waals surface area contributed by atoms with Crippen LogP contribution in [0.25, 0.3) is 17.1 Å². The van der Waals surface area contributed by atoms with Crippen molar-refractivity contribution in [2.24, 2.45) is 0 Å². The maximum absolute atomic E-state index is 4.71. The molecule has 0 amide bonds. The number of rotatable bonds is 6. The minimum absolute atomic E-state index is 0.0550. The van der Waals surface area contributed by atoms with Crippen molar-refractivity contribution in [1.29, 1.82) is 0 Å². The quantitative estimate of drug-likeness (QED) is 0.410. The Bertz CT molecular complexity index is 986. The molecular formula is C24H30BrN3. The molecule has 0 N–H and O–H groups in total. The van der Waals surface area contributed by atoms with Gasteiger partial charge in [0.2, 0.25) is 0 Å². The normalized spacial score (nSPS) is 11.8. The van der Waals surface area contributed by atoms with E-state index in [1.165, 1.54) is 29.5 Å². The Hall–Kier alpha value is -1.94. The van der Waals surface area contributed by atoms with Gasteiger partial charge in [0.15, 0.2) is 5.82 Å². The van der Waals surface area contributed by atoms with Gasteiger partial charge in [-0.25, -0.2) is 0 Å². The third kappa shape index (κ3) is 4.07. The highest BCUT2D eigenvalue weighted by Crippen LogP contribution is 2.35. The molecule has 0 aliphatic rings. The lowest BCUT2D eigenvalue weighted by Crippen LogP contribution is -2.23. The molecule has 0 unspecified atom stereocenters. The average Bonchev–Trinajstić information content (AvgIpc) is 3.08. The zero-order valence-electron chi connectivity index (χ0n) is 17.8. The molecule has 1 aromatic heterocycles. The molecule has 148 valence electrons. The first-order chi connectivity index (χ1) is 13.2. The summed E-state index contributed by atoms with van der Waals surface area (Å²) < 4.78 is 3.36. The van der Waals surface area contributed by atoms with E-state index in [-0.39, 0.29) is 5.41 Å². The van der Waals surface area contributed by atoms with Crippen molar-refractivity contribution >= 4 is 15.9 Å². The van der Waals surface area contributed by atoms with Crippen molar-refractivity contribution in [3.05, 3.63) is 63.4 Å². The van der Waals surface area contributed by atoms with E-state index in [1.54, 1.807) is 0 Å². The first kappa shape index (κ1) is 20.8. The Morgan fingerprint density at radius 3 is 2.36 bits per heavy atom. The summed E-state index contributed by atoms with van der Waals surface area (Å²) in [6.07, 6.45) is 3.45. The molecular weight excluding hydrogens is 410 g/mol. The largest absolute Gasteiger partial charge is 0.278 e. The topological polar surface area (TPSA) is 30.7 Å². The second kappa shape index (κ2) is 8.20. The summed E-state index contributed by atoms with van der Waals surface area (Å²) in [7, 11) is 0. The summed E-state index contributed by atoms with van der Waals surface area (Å²) in [5, 5.41) is 9.37. The van der Waals surface area contributed by atoms with Gasteiger partial charge in [0.1, 0.15) is 5.82 Å². The molecule has 0 saturated carbocycles. The van der Waals surface area contributed by atoms with Crippen LogP contribution in [0.3, 0.4) is 0 Å². The molecule has 2 aromatic carbocycles. The Kier molecular flexibility index (Phi) is 6.09. The molecule has 0 spiro atoms. The van der Waals surface area contributed by atoms with Crippen LogP contribution in [0.15, 0.2) is 40.9 Å². The van der Waals surface area contributed by atoms with Gasteiger partial charge in [-0.2, -0.15) is 0 Å². The second-order valence-corrected chi connectivity index (χ2v) is 9.28. The molecule has 3 rings (SSSR count). The SMILES string of the molecule is CCCCC(C)(C)c1nnc(-c2ccc(C)c(Br)c2)n1-c1ccc(C)cc1C. The molecule has 3 aromatic rings. The van der Waals surface area contributed by atoms with Crippen molar-refractivity contribution in [2.75, 3.05) is 0 Å². The highest BCUT2D eigenvalue weighted by atomic mass is 79.9. The van der Waals surface area contributed by atoms with Crippen LogP contribution in [-0.2, 0) is 5.41 Å². The van der Waals surface area contributed by atoms with Gasteiger partial charge in [0.05, 0.1) is 5.69 Å². The highest BCUT2D eigenvalue weighted by Gasteiger charge is 2.29. The van der Waals surface area contributed by atoms with Crippen molar-refractivity contribution in [2.45, 2.75) is 66.2 Å². The summed E-state index contributed by atoms with van der Waals surface area (Å²) in [6.45, 7) is 13.2. The predicted molar refractivity (Wildman–Crippen MR) is 121 cm³/mol. The van der Waals surface area contributed by atoms with E-state index in [0.717, 1.165) is 33.8 Å². The second-order valence-electron chi connectivity index (χ2n) is 8.42. The fraction of sp³-hybridized carbons (Fsp3) is 0.417. The Balaban J connectivity index is 2.25. The molecule has 4 heteroatoms. The van der Waals surface area contributed by atoms with Crippen LogP contribution < -0.4 is 0 Å². The van der Waals surface area contributed by atoms with Crippen molar-refractivity contribution in [1.82, 2.24) is 14.8 Å². The van der Waals surface area contributed by atoms with E-state index in [0.29, 0.717) is 0 Å². The molecule has 0 atom stereocenters. The number of halogens is 1. The van der Waals surface area contributed by atoms with Crippen LogP contribution >= 0.6 is 15.9 Å². The van der Waals surface area contributed by atoms with Gasteiger partial charge in [0, 0.05) is 15.5 Å². The number of aryl methyl sites for hydroxylation is 3. The molecule has 0 bridgehead atoms. The fourth-order valence-electron chi connectivity index (χ4n) is 3.66. The predicted octanol–water partition coefficient (Wildman–Crippen LogP) is 7.09. The highest BCUT2D eigenvalue weighted by molar-refractivity contribution is 9.10. The first-order valence-corrected chi connectivity index (χ1v) is 10.8. The van der Waals surface area contributed by atoms with Gasteiger partial charge in [-0.3, -0.25) is 4.57 Å². The van der Waals surface area contributed by atoms with Gasteiger partial charge in [-0.1, -0.05) is 79.4 Å².